The van der Waals surface area contributed by atoms with Crippen LogP contribution in [0, 0.1) is 5.82 Å². The van der Waals surface area contributed by atoms with Gasteiger partial charge in [-0.2, -0.15) is 13.5 Å². The van der Waals surface area contributed by atoms with E-state index in [4.69, 9.17) is 0 Å². The Kier molecular flexibility index (Phi) is 5.24. The first kappa shape index (κ1) is 21.3. The minimum absolute atomic E-state index is 0.195. The topological polar surface area (TPSA) is 130 Å². The number of sulfonamides is 1. The number of anilines is 1. The Hall–Kier alpha value is -2.95. The molecule has 2 aliphatic rings. The number of nitrogens with one attached hydrogen (secondary N) is 2. The van der Waals surface area contributed by atoms with Crippen molar-refractivity contribution in [2.24, 2.45) is 0 Å². The molecule has 31 heavy (non-hydrogen) atoms. The summed E-state index contributed by atoms with van der Waals surface area (Å²) < 4.78 is 43.1. The standard InChI is InChI=1S/C20H23FN4O5S/c1-10(2)25-15(19(26)27)9-16(23-25)31(29,30)24-20(28)22-18-13-7-3-5-11(13)17(21)12-6-4-8-14(12)18/h9-10H,3-8H2,1-2H3,(H,26,27)(H2,22,24,28). The average molecular weight is 450 g/mol. The maximum absolute atomic E-state index is 14.8. The summed E-state index contributed by atoms with van der Waals surface area (Å²) in [6.45, 7) is 3.32. The highest BCUT2D eigenvalue weighted by Crippen LogP contribution is 2.40. The molecule has 1 aromatic heterocycles. The second kappa shape index (κ2) is 7.63. The molecule has 0 aliphatic heterocycles. The summed E-state index contributed by atoms with van der Waals surface area (Å²) in [6, 6.07) is -0.482. The molecular weight excluding hydrogens is 427 g/mol. The Morgan fingerprint density at radius 1 is 1.10 bits per heavy atom. The summed E-state index contributed by atoms with van der Waals surface area (Å²) in [5.41, 5.74) is 2.84. The number of aromatic carboxylic acids is 1. The van der Waals surface area contributed by atoms with E-state index >= 15 is 0 Å². The quantitative estimate of drug-likeness (QED) is 0.642. The smallest absolute Gasteiger partial charge is 0.354 e. The zero-order valence-corrected chi connectivity index (χ0v) is 18.0. The van der Waals surface area contributed by atoms with Crippen LogP contribution in [0.25, 0.3) is 0 Å². The molecule has 2 aromatic rings. The van der Waals surface area contributed by atoms with Gasteiger partial charge in [-0.05, 0) is 74.6 Å². The van der Waals surface area contributed by atoms with Gasteiger partial charge in [0.15, 0.2) is 5.03 Å². The number of hydrogen-bond acceptors (Lipinski definition) is 5. The zero-order valence-electron chi connectivity index (χ0n) is 17.2. The number of hydrogen-bond donors (Lipinski definition) is 3. The van der Waals surface area contributed by atoms with E-state index in [0.29, 0.717) is 42.5 Å². The van der Waals surface area contributed by atoms with Gasteiger partial charge in [0.05, 0.1) is 0 Å². The van der Waals surface area contributed by atoms with Crippen molar-refractivity contribution in [1.29, 1.82) is 0 Å². The first-order valence-electron chi connectivity index (χ1n) is 10.1. The van der Waals surface area contributed by atoms with Gasteiger partial charge in [0.25, 0.3) is 10.0 Å². The number of aromatic nitrogens is 2. The third-order valence-electron chi connectivity index (χ3n) is 5.73. The van der Waals surface area contributed by atoms with Crippen molar-refractivity contribution >= 4 is 27.7 Å². The van der Waals surface area contributed by atoms with Gasteiger partial charge >= 0.3 is 12.0 Å². The first-order chi connectivity index (χ1) is 14.6. The van der Waals surface area contributed by atoms with E-state index in [2.05, 4.69) is 10.4 Å². The van der Waals surface area contributed by atoms with Gasteiger partial charge in [0, 0.05) is 17.8 Å². The first-order valence-corrected chi connectivity index (χ1v) is 11.6. The van der Waals surface area contributed by atoms with Gasteiger partial charge in [0.1, 0.15) is 11.5 Å². The van der Waals surface area contributed by atoms with Gasteiger partial charge in [-0.25, -0.2) is 18.7 Å². The van der Waals surface area contributed by atoms with Gasteiger partial charge in [-0.3, -0.25) is 4.68 Å². The highest BCUT2D eigenvalue weighted by Gasteiger charge is 2.31. The van der Waals surface area contributed by atoms with Crippen LogP contribution in [-0.2, 0) is 35.7 Å². The fraction of sp³-hybridized carbons (Fsp3) is 0.450. The molecule has 0 fully saturated rings. The van der Waals surface area contributed by atoms with Gasteiger partial charge in [-0.15, -0.1) is 0 Å². The number of halogens is 1. The van der Waals surface area contributed by atoms with E-state index in [1.165, 1.54) is 0 Å². The third kappa shape index (κ3) is 3.67. The SMILES string of the molecule is CC(C)n1nc(S(=O)(=O)NC(=O)Nc2c3c(c(F)c4c2CCC4)CCC3)cc1C(=O)O. The van der Waals surface area contributed by atoms with Crippen LogP contribution in [0.1, 0.15) is 65.5 Å². The second-order valence-electron chi connectivity index (χ2n) is 8.08. The summed E-state index contributed by atoms with van der Waals surface area (Å²) >= 11 is 0. The Morgan fingerprint density at radius 3 is 2.13 bits per heavy atom. The van der Waals surface area contributed by atoms with Crippen LogP contribution in [0.15, 0.2) is 11.1 Å². The van der Waals surface area contributed by atoms with E-state index < -0.39 is 33.1 Å². The summed E-state index contributed by atoms with van der Waals surface area (Å²) in [5.74, 6) is -1.52. The lowest BCUT2D eigenvalue weighted by molar-refractivity contribution is 0.0681. The molecule has 3 N–H and O–H groups in total. The van der Waals surface area contributed by atoms with Crippen molar-refractivity contribution in [3.05, 3.63) is 39.8 Å². The number of nitrogens with zero attached hydrogens (tertiary/aromatic N) is 2. The van der Waals surface area contributed by atoms with Crippen LogP contribution in [0.2, 0.25) is 0 Å². The normalized spacial score (nSPS) is 15.1. The van der Waals surface area contributed by atoms with Crippen molar-refractivity contribution in [3.63, 3.8) is 0 Å². The number of amides is 2. The average Bonchev–Trinajstić information content (AvgIpc) is 3.43. The van der Waals surface area contributed by atoms with Gasteiger partial charge < -0.3 is 10.4 Å². The van der Waals surface area contributed by atoms with Crippen molar-refractivity contribution in [3.8, 4) is 0 Å². The van der Waals surface area contributed by atoms with Crippen molar-refractivity contribution in [2.75, 3.05) is 5.32 Å². The summed E-state index contributed by atoms with van der Waals surface area (Å²) in [4.78, 5) is 24.0. The molecule has 0 saturated heterocycles. The summed E-state index contributed by atoms with van der Waals surface area (Å²) in [7, 11) is -4.42. The Morgan fingerprint density at radius 2 is 1.65 bits per heavy atom. The largest absolute Gasteiger partial charge is 0.477 e. The highest BCUT2D eigenvalue weighted by molar-refractivity contribution is 7.90. The molecule has 1 heterocycles. The molecule has 166 valence electrons. The van der Waals surface area contributed by atoms with Crippen molar-refractivity contribution in [2.45, 2.75) is 63.4 Å². The predicted octanol–water partition coefficient (Wildman–Crippen LogP) is 2.79. The fourth-order valence-corrected chi connectivity index (χ4v) is 5.27. The Bertz CT molecular complexity index is 1170. The number of carboxylic acid groups (broad SMARTS) is 1. The molecular formula is C20H23FN4O5S. The predicted molar refractivity (Wildman–Crippen MR) is 109 cm³/mol. The van der Waals surface area contributed by atoms with Crippen LogP contribution in [0.5, 0.6) is 0 Å². The van der Waals surface area contributed by atoms with E-state index in [-0.39, 0.29) is 11.5 Å². The molecule has 2 aliphatic carbocycles. The number of rotatable bonds is 5. The summed E-state index contributed by atoms with van der Waals surface area (Å²) in [6.07, 6.45) is 3.95. The molecule has 11 heteroatoms. The molecule has 0 radical (unpaired) electrons. The fourth-order valence-electron chi connectivity index (χ4n) is 4.41. The monoisotopic (exact) mass is 450 g/mol. The Labute approximate surface area is 178 Å². The second-order valence-corrected chi connectivity index (χ2v) is 9.71. The third-order valence-corrected chi connectivity index (χ3v) is 6.94. The zero-order chi connectivity index (χ0) is 22.5. The molecule has 0 unspecified atom stereocenters. The molecule has 1 aromatic carbocycles. The van der Waals surface area contributed by atoms with Crippen LogP contribution < -0.4 is 10.0 Å². The van der Waals surface area contributed by atoms with E-state index in [9.17, 15) is 27.5 Å². The lowest BCUT2D eigenvalue weighted by Crippen LogP contribution is -2.35. The van der Waals surface area contributed by atoms with Crippen LogP contribution in [0.4, 0.5) is 14.9 Å². The van der Waals surface area contributed by atoms with Crippen LogP contribution >= 0.6 is 0 Å². The lowest BCUT2D eigenvalue weighted by atomic mass is 9.98. The number of carboxylic acids is 1. The molecule has 0 saturated carbocycles. The van der Waals surface area contributed by atoms with Gasteiger partial charge in [-0.1, -0.05) is 0 Å². The number of carbonyl (C=O) groups is 2. The van der Waals surface area contributed by atoms with Crippen molar-refractivity contribution < 1.29 is 27.5 Å². The maximum Gasteiger partial charge on any atom is 0.354 e. The lowest BCUT2D eigenvalue weighted by Gasteiger charge is -2.17. The van der Waals surface area contributed by atoms with E-state index in [0.717, 1.165) is 34.7 Å². The van der Waals surface area contributed by atoms with Crippen LogP contribution in [-0.4, -0.2) is 35.3 Å². The Balaban J connectivity index is 1.62. The molecule has 9 nitrogen and oxygen atoms in total. The maximum atomic E-state index is 14.8. The molecule has 4 rings (SSSR count). The molecule has 0 atom stereocenters. The molecule has 2 amide bonds. The summed E-state index contributed by atoms with van der Waals surface area (Å²) in [5, 5.41) is 15.2. The van der Waals surface area contributed by atoms with Gasteiger partial charge in [0.2, 0.25) is 0 Å². The van der Waals surface area contributed by atoms with E-state index in [1.807, 2.05) is 4.72 Å². The molecule has 0 spiro atoms. The molecule has 0 bridgehead atoms. The minimum atomic E-state index is -4.42. The van der Waals surface area contributed by atoms with E-state index in [1.54, 1.807) is 13.8 Å². The number of benzene rings is 1. The minimum Gasteiger partial charge on any atom is -0.477 e. The van der Waals surface area contributed by atoms with Crippen LogP contribution in [0.3, 0.4) is 0 Å². The number of carbonyl (C=O) groups excluding carboxylic acids is 1. The number of urea groups is 1. The highest BCUT2D eigenvalue weighted by atomic mass is 32.2. The van der Waals surface area contributed by atoms with Crippen molar-refractivity contribution in [1.82, 2.24) is 14.5 Å². The number of fused-ring (bicyclic) bond motifs is 2.